The van der Waals surface area contributed by atoms with Crippen molar-refractivity contribution in [3.05, 3.63) is 71.1 Å². The third kappa shape index (κ3) is 3.43. The van der Waals surface area contributed by atoms with E-state index < -0.39 is 0 Å². The molecule has 0 spiro atoms. The number of hydrogen-bond acceptors (Lipinski definition) is 5. The maximum absolute atomic E-state index is 13.3. The molecule has 0 saturated carbocycles. The number of aryl methyl sites for hydroxylation is 3. The first-order valence-corrected chi connectivity index (χ1v) is 10.0. The molecule has 0 aliphatic heterocycles. The lowest BCUT2D eigenvalue weighted by atomic mass is 10.1. The van der Waals surface area contributed by atoms with Gasteiger partial charge in [-0.05, 0) is 51.0 Å². The van der Waals surface area contributed by atoms with Gasteiger partial charge in [0, 0.05) is 12.0 Å². The van der Waals surface area contributed by atoms with Crippen LogP contribution in [0.1, 0.15) is 29.0 Å². The van der Waals surface area contributed by atoms with Crippen molar-refractivity contribution in [3.63, 3.8) is 0 Å². The van der Waals surface area contributed by atoms with Crippen LogP contribution >= 0.6 is 11.3 Å². The molecular weight excluding hydrogens is 370 g/mol. The molecule has 28 heavy (non-hydrogen) atoms. The number of carbonyl (C=O) groups excluding carboxylic acids is 1. The number of fused-ring (bicyclic) bond motifs is 1. The van der Waals surface area contributed by atoms with E-state index in [1.807, 2.05) is 69.3 Å². The van der Waals surface area contributed by atoms with Gasteiger partial charge in [-0.2, -0.15) is 0 Å². The summed E-state index contributed by atoms with van der Waals surface area (Å²) in [6.45, 7) is 5.80. The molecule has 142 valence electrons. The Morgan fingerprint density at radius 2 is 1.82 bits per heavy atom. The standard InChI is InChI=1S/C22H21N3O2S/c1-14-8-4-6-10-19(14)25(22-23-18-9-5-7-11-20(18)28-22)21(26)13-12-17-15(2)24-27-16(17)3/h4-11H,12-13H2,1-3H3. The molecular formula is C22H21N3O2S. The number of amides is 1. The van der Waals surface area contributed by atoms with Crippen molar-refractivity contribution in [3.8, 4) is 0 Å². The number of nitrogens with zero attached hydrogens (tertiary/aromatic N) is 3. The van der Waals surface area contributed by atoms with Crippen molar-refractivity contribution >= 4 is 38.3 Å². The zero-order valence-electron chi connectivity index (χ0n) is 16.1. The number of benzene rings is 2. The first-order chi connectivity index (χ1) is 13.5. The predicted octanol–water partition coefficient (Wildman–Crippen LogP) is 5.51. The number of carbonyl (C=O) groups is 1. The van der Waals surface area contributed by atoms with Gasteiger partial charge in [0.2, 0.25) is 5.91 Å². The summed E-state index contributed by atoms with van der Waals surface area (Å²) in [7, 11) is 0. The molecule has 0 saturated heterocycles. The summed E-state index contributed by atoms with van der Waals surface area (Å²) in [6, 6.07) is 15.9. The number of para-hydroxylation sites is 2. The Morgan fingerprint density at radius 1 is 1.07 bits per heavy atom. The molecule has 0 radical (unpaired) electrons. The molecule has 2 aromatic heterocycles. The highest BCUT2D eigenvalue weighted by molar-refractivity contribution is 7.22. The Bertz CT molecular complexity index is 1090. The zero-order chi connectivity index (χ0) is 19.7. The number of rotatable bonds is 5. The summed E-state index contributed by atoms with van der Waals surface area (Å²) in [6.07, 6.45) is 0.945. The predicted molar refractivity (Wildman–Crippen MR) is 112 cm³/mol. The molecule has 5 nitrogen and oxygen atoms in total. The second-order valence-electron chi connectivity index (χ2n) is 6.78. The van der Waals surface area contributed by atoms with E-state index in [0.717, 1.165) is 38.5 Å². The Kier molecular flexibility index (Phi) is 4.96. The Morgan fingerprint density at radius 3 is 2.54 bits per heavy atom. The average molecular weight is 391 g/mol. The number of aromatic nitrogens is 2. The van der Waals surface area contributed by atoms with Gasteiger partial charge in [0.15, 0.2) is 5.13 Å². The van der Waals surface area contributed by atoms with Gasteiger partial charge in [-0.3, -0.25) is 9.69 Å². The van der Waals surface area contributed by atoms with Gasteiger partial charge in [-0.1, -0.05) is 46.8 Å². The molecule has 4 aromatic rings. The van der Waals surface area contributed by atoms with Gasteiger partial charge in [-0.25, -0.2) is 4.98 Å². The normalized spacial score (nSPS) is 11.1. The van der Waals surface area contributed by atoms with Gasteiger partial charge in [0.1, 0.15) is 5.76 Å². The molecule has 0 atom stereocenters. The van der Waals surface area contributed by atoms with Crippen LogP contribution in [0.2, 0.25) is 0 Å². The Balaban J connectivity index is 1.70. The van der Waals surface area contributed by atoms with Crippen LogP contribution in [0.5, 0.6) is 0 Å². The minimum atomic E-state index is 0.00774. The maximum Gasteiger partial charge on any atom is 0.233 e. The summed E-state index contributed by atoms with van der Waals surface area (Å²) in [5, 5.41) is 4.68. The number of anilines is 2. The van der Waals surface area contributed by atoms with Crippen LogP contribution in [0, 0.1) is 20.8 Å². The van der Waals surface area contributed by atoms with Crippen LogP contribution < -0.4 is 4.90 Å². The minimum Gasteiger partial charge on any atom is -0.361 e. The fraction of sp³-hybridized carbons (Fsp3) is 0.227. The summed E-state index contributed by atoms with van der Waals surface area (Å²) in [5.74, 6) is 0.779. The quantitative estimate of drug-likeness (QED) is 0.450. The highest BCUT2D eigenvalue weighted by atomic mass is 32.1. The molecule has 6 heteroatoms. The summed E-state index contributed by atoms with van der Waals surface area (Å²) >= 11 is 1.53. The van der Waals surface area contributed by atoms with Crippen molar-refractivity contribution in [2.45, 2.75) is 33.6 Å². The van der Waals surface area contributed by atoms with E-state index in [0.29, 0.717) is 18.0 Å². The van der Waals surface area contributed by atoms with Gasteiger partial charge >= 0.3 is 0 Å². The van der Waals surface area contributed by atoms with E-state index in [9.17, 15) is 4.79 Å². The van der Waals surface area contributed by atoms with E-state index >= 15 is 0 Å². The van der Waals surface area contributed by atoms with E-state index in [-0.39, 0.29) is 5.91 Å². The summed E-state index contributed by atoms with van der Waals surface area (Å²) in [4.78, 5) is 19.8. The van der Waals surface area contributed by atoms with Crippen LogP contribution in [-0.4, -0.2) is 16.0 Å². The molecule has 0 bridgehead atoms. The molecule has 4 rings (SSSR count). The van der Waals surface area contributed by atoms with Crippen molar-refractivity contribution in [2.24, 2.45) is 0 Å². The van der Waals surface area contributed by atoms with Gasteiger partial charge < -0.3 is 4.52 Å². The lowest BCUT2D eigenvalue weighted by Gasteiger charge is -2.22. The molecule has 0 unspecified atom stereocenters. The first-order valence-electron chi connectivity index (χ1n) is 9.20. The fourth-order valence-corrected chi connectivity index (χ4v) is 4.31. The highest BCUT2D eigenvalue weighted by Gasteiger charge is 2.23. The monoisotopic (exact) mass is 391 g/mol. The molecule has 1 amide bonds. The lowest BCUT2D eigenvalue weighted by Crippen LogP contribution is -2.26. The molecule has 2 aromatic carbocycles. The van der Waals surface area contributed by atoms with Gasteiger partial charge in [0.25, 0.3) is 0 Å². The SMILES string of the molecule is Cc1ccccc1N(C(=O)CCc1c(C)noc1C)c1nc2ccccc2s1. The number of thiazole rings is 1. The molecule has 2 heterocycles. The van der Waals surface area contributed by atoms with Crippen LogP contribution in [0.25, 0.3) is 10.2 Å². The third-order valence-corrected chi connectivity index (χ3v) is 5.87. The average Bonchev–Trinajstić information content (AvgIpc) is 3.25. The first kappa shape index (κ1) is 18.4. The van der Waals surface area contributed by atoms with Crippen molar-refractivity contribution in [2.75, 3.05) is 4.90 Å². The molecule has 0 aliphatic carbocycles. The Hall–Kier alpha value is -2.99. The van der Waals surface area contributed by atoms with Crippen LogP contribution in [0.15, 0.2) is 53.1 Å². The second kappa shape index (κ2) is 7.56. The van der Waals surface area contributed by atoms with Crippen LogP contribution in [0.3, 0.4) is 0 Å². The zero-order valence-corrected chi connectivity index (χ0v) is 16.9. The molecule has 0 fully saturated rings. The van der Waals surface area contributed by atoms with E-state index in [1.54, 1.807) is 4.90 Å². The summed E-state index contributed by atoms with van der Waals surface area (Å²) in [5.41, 5.74) is 4.65. The van der Waals surface area contributed by atoms with E-state index in [4.69, 9.17) is 9.51 Å². The van der Waals surface area contributed by atoms with Crippen LogP contribution in [-0.2, 0) is 11.2 Å². The van der Waals surface area contributed by atoms with Gasteiger partial charge in [-0.15, -0.1) is 0 Å². The largest absolute Gasteiger partial charge is 0.361 e. The molecule has 0 aliphatic rings. The second-order valence-corrected chi connectivity index (χ2v) is 7.79. The van der Waals surface area contributed by atoms with Crippen molar-refractivity contribution in [1.29, 1.82) is 0 Å². The van der Waals surface area contributed by atoms with Crippen molar-refractivity contribution in [1.82, 2.24) is 10.1 Å². The number of hydrogen-bond donors (Lipinski definition) is 0. The van der Waals surface area contributed by atoms with Crippen molar-refractivity contribution < 1.29 is 9.32 Å². The minimum absolute atomic E-state index is 0.00774. The van der Waals surface area contributed by atoms with E-state index in [1.165, 1.54) is 11.3 Å². The third-order valence-electron chi connectivity index (χ3n) is 4.85. The fourth-order valence-electron chi connectivity index (χ4n) is 3.32. The van der Waals surface area contributed by atoms with E-state index in [2.05, 4.69) is 5.16 Å². The smallest absolute Gasteiger partial charge is 0.233 e. The maximum atomic E-state index is 13.3. The van der Waals surface area contributed by atoms with Gasteiger partial charge in [0.05, 0.1) is 21.6 Å². The highest BCUT2D eigenvalue weighted by Crippen LogP contribution is 2.35. The topological polar surface area (TPSA) is 59.2 Å². The lowest BCUT2D eigenvalue weighted by molar-refractivity contribution is -0.117. The molecule has 0 N–H and O–H groups in total. The summed E-state index contributed by atoms with van der Waals surface area (Å²) < 4.78 is 6.30. The Labute approximate surface area is 167 Å². The van der Waals surface area contributed by atoms with Crippen LogP contribution in [0.4, 0.5) is 10.8 Å².